The van der Waals surface area contributed by atoms with Crippen molar-refractivity contribution < 1.29 is 4.39 Å². The second-order valence-electron chi connectivity index (χ2n) is 6.76. The highest BCUT2D eigenvalue weighted by molar-refractivity contribution is 5.45. The molecule has 0 N–H and O–H groups in total. The zero-order valence-corrected chi connectivity index (χ0v) is 13.8. The van der Waals surface area contributed by atoms with E-state index < -0.39 is 0 Å². The Morgan fingerprint density at radius 3 is 2.71 bits per heavy atom. The topological polar surface area (TPSA) is 19.4 Å². The molecule has 1 atom stereocenters. The highest BCUT2D eigenvalue weighted by Gasteiger charge is 2.19. The summed E-state index contributed by atoms with van der Waals surface area (Å²) < 4.78 is 14.1. The van der Waals surface area contributed by atoms with Crippen LogP contribution < -0.4 is 4.90 Å². The molecule has 4 heteroatoms. The molecule has 0 amide bonds. The Labute approximate surface area is 128 Å². The van der Waals surface area contributed by atoms with Crippen LogP contribution in [0.3, 0.4) is 0 Å². The van der Waals surface area contributed by atoms with Crippen molar-refractivity contribution in [2.24, 2.45) is 5.92 Å². The molecule has 1 aliphatic heterocycles. The fourth-order valence-electron chi connectivity index (χ4n) is 3.16. The van der Waals surface area contributed by atoms with Crippen LogP contribution in [0.2, 0.25) is 0 Å². The number of anilines is 1. The van der Waals surface area contributed by atoms with Crippen LogP contribution in [0.1, 0.15) is 44.7 Å². The van der Waals surface area contributed by atoms with Crippen molar-refractivity contribution in [3.63, 3.8) is 0 Å². The Balaban J connectivity index is 2.04. The van der Waals surface area contributed by atoms with Crippen LogP contribution in [0.25, 0.3) is 0 Å². The molecule has 1 aromatic rings. The maximum absolute atomic E-state index is 14.1. The molecule has 1 fully saturated rings. The molecule has 0 spiro atoms. The van der Waals surface area contributed by atoms with Gasteiger partial charge in [0.2, 0.25) is 0 Å². The fraction of sp³-hybridized carbons (Fsp3) is 0.706. The van der Waals surface area contributed by atoms with Crippen LogP contribution in [-0.4, -0.2) is 43.6 Å². The second kappa shape index (κ2) is 7.21. The van der Waals surface area contributed by atoms with Crippen molar-refractivity contribution in [1.82, 2.24) is 9.88 Å². The first kappa shape index (κ1) is 16.2. The van der Waals surface area contributed by atoms with E-state index in [4.69, 9.17) is 0 Å². The third-order valence-electron chi connectivity index (χ3n) is 4.24. The molecule has 1 saturated heterocycles. The number of pyridine rings is 1. The quantitative estimate of drug-likeness (QED) is 0.847. The molecule has 2 heterocycles. The van der Waals surface area contributed by atoms with Crippen LogP contribution >= 0.6 is 0 Å². The number of halogens is 1. The summed E-state index contributed by atoms with van der Waals surface area (Å²) in [5.74, 6) is 0.710. The summed E-state index contributed by atoms with van der Waals surface area (Å²) in [6.07, 6.45) is 5.44. The largest absolute Gasteiger partial charge is 0.370 e. The summed E-state index contributed by atoms with van der Waals surface area (Å²) in [6, 6.07) is 1.66. The van der Waals surface area contributed by atoms with E-state index >= 15 is 0 Å². The molecule has 3 nitrogen and oxygen atoms in total. The van der Waals surface area contributed by atoms with Gasteiger partial charge in [0.15, 0.2) is 0 Å². The Hall–Kier alpha value is -1.16. The predicted octanol–water partition coefficient (Wildman–Crippen LogP) is 3.51. The van der Waals surface area contributed by atoms with Gasteiger partial charge < -0.3 is 9.80 Å². The van der Waals surface area contributed by atoms with E-state index in [1.807, 2.05) is 20.0 Å². The minimum absolute atomic E-state index is 0.132. The number of nitrogens with zero attached hydrogens (tertiary/aromatic N) is 3. The highest BCUT2D eigenvalue weighted by atomic mass is 19.1. The van der Waals surface area contributed by atoms with Gasteiger partial charge in [-0.2, -0.15) is 0 Å². The molecule has 1 aromatic heterocycles. The maximum Gasteiger partial charge on any atom is 0.147 e. The van der Waals surface area contributed by atoms with E-state index in [9.17, 15) is 4.39 Å². The molecule has 0 saturated carbocycles. The Kier molecular flexibility index (Phi) is 5.57. The summed E-state index contributed by atoms with van der Waals surface area (Å²) in [7, 11) is 4.26. The van der Waals surface area contributed by atoms with Crippen LogP contribution in [-0.2, 0) is 0 Å². The Morgan fingerprint density at radius 2 is 2.10 bits per heavy atom. The lowest BCUT2D eigenvalue weighted by molar-refractivity contribution is 0.307. The zero-order valence-electron chi connectivity index (χ0n) is 13.8. The molecular weight excluding hydrogens is 265 g/mol. The first-order chi connectivity index (χ1) is 9.97. The lowest BCUT2D eigenvalue weighted by atomic mass is 10.0. The molecule has 0 bridgehead atoms. The van der Waals surface area contributed by atoms with E-state index in [0.29, 0.717) is 5.69 Å². The van der Waals surface area contributed by atoms with E-state index in [-0.39, 0.29) is 11.7 Å². The van der Waals surface area contributed by atoms with E-state index in [1.165, 1.54) is 19.3 Å². The van der Waals surface area contributed by atoms with Crippen molar-refractivity contribution in [3.8, 4) is 0 Å². The molecule has 1 unspecified atom stereocenters. The summed E-state index contributed by atoms with van der Waals surface area (Å²) in [6.45, 7) is 7.10. The van der Waals surface area contributed by atoms with Crippen molar-refractivity contribution in [2.45, 2.75) is 39.0 Å². The lowest BCUT2D eigenvalue weighted by Crippen LogP contribution is -2.26. The third-order valence-corrected chi connectivity index (χ3v) is 4.24. The Morgan fingerprint density at radius 1 is 1.33 bits per heavy atom. The summed E-state index contributed by atoms with van der Waals surface area (Å²) in [5.41, 5.74) is 1.50. The number of rotatable bonds is 4. The number of hydrogen-bond donors (Lipinski definition) is 0. The van der Waals surface area contributed by atoms with Crippen molar-refractivity contribution in [1.29, 1.82) is 0 Å². The van der Waals surface area contributed by atoms with Gasteiger partial charge in [0.05, 0.1) is 17.6 Å². The average molecular weight is 293 g/mol. The van der Waals surface area contributed by atoms with Gasteiger partial charge in [-0.3, -0.25) is 4.98 Å². The van der Waals surface area contributed by atoms with Gasteiger partial charge in [0.25, 0.3) is 0 Å². The predicted molar refractivity (Wildman–Crippen MR) is 86.4 cm³/mol. The Bertz CT molecular complexity index is 459. The van der Waals surface area contributed by atoms with Gasteiger partial charge in [0.1, 0.15) is 5.82 Å². The van der Waals surface area contributed by atoms with E-state index in [1.54, 1.807) is 6.07 Å². The fourth-order valence-corrected chi connectivity index (χ4v) is 3.16. The smallest absolute Gasteiger partial charge is 0.147 e. The first-order valence-electron chi connectivity index (χ1n) is 8.02. The van der Waals surface area contributed by atoms with Crippen LogP contribution in [0.15, 0.2) is 12.3 Å². The van der Waals surface area contributed by atoms with Gasteiger partial charge in [-0.25, -0.2) is 4.39 Å². The van der Waals surface area contributed by atoms with Gasteiger partial charge >= 0.3 is 0 Å². The summed E-state index contributed by atoms with van der Waals surface area (Å²) >= 11 is 0. The molecule has 118 valence electrons. The van der Waals surface area contributed by atoms with Crippen molar-refractivity contribution in [3.05, 3.63) is 23.8 Å². The summed E-state index contributed by atoms with van der Waals surface area (Å²) in [5, 5.41) is 0. The van der Waals surface area contributed by atoms with Crippen molar-refractivity contribution >= 4 is 5.69 Å². The molecule has 0 aromatic carbocycles. The highest BCUT2D eigenvalue weighted by Crippen LogP contribution is 2.25. The van der Waals surface area contributed by atoms with Crippen LogP contribution in [0.5, 0.6) is 0 Å². The molecule has 1 aliphatic rings. The van der Waals surface area contributed by atoms with Gasteiger partial charge in [-0.1, -0.05) is 13.8 Å². The third kappa shape index (κ3) is 4.40. The van der Waals surface area contributed by atoms with E-state index in [2.05, 4.69) is 28.9 Å². The van der Waals surface area contributed by atoms with Crippen LogP contribution in [0.4, 0.5) is 10.1 Å². The summed E-state index contributed by atoms with van der Waals surface area (Å²) in [4.78, 5) is 8.88. The standard InChI is InChI=1S/C17H28FN3/c1-13(2)17-16(18)10-15(11-19-17)21-8-5-6-14(7-9-21)12-20(3)4/h10-11,13-14H,5-9,12H2,1-4H3. The van der Waals surface area contributed by atoms with Gasteiger partial charge in [-0.05, 0) is 45.2 Å². The van der Waals surface area contributed by atoms with Crippen molar-refractivity contribution in [2.75, 3.05) is 38.6 Å². The SMILES string of the molecule is CC(C)c1ncc(N2CCCC(CN(C)C)CC2)cc1F. The van der Waals surface area contributed by atoms with Gasteiger partial charge in [0, 0.05) is 25.7 Å². The molecular formula is C17H28FN3. The molecule has 0 radical (unpaired) electrons. The second-order valence-corrected chi connectivity index (χ2v) is 6.76. The molecule has 0 aliphatic carbocycles. The van der Waals surface area contributed by atoms with Crippen LogP contribution in [0, 0.1) is 11.7 Å². The number of hydrogen-bond acceptors (Lipinski definition) is 3. The monoisotopic (exact) mass is 293 g/mol. The average Bonchev–Trinajstić information content (AvgIpc) is 2.63. The minimum atomic E-state index is -0.170. The van der Waals surface area contributed by atoms with Gasteiger partial charge in [-0.15, -0.1) is 0 Å². The van der Waals surface area contributed by atoms with E-state index in [0.717, 1.165) is 31.2 Å². The maximum atomic E-state index is 14.1. The first-order valence-corrected chi connectivity index (χ1v) is 8.02. The molecule has 2 rings (SSSR count). The zero-order chi connectivity index (χ0) is 15.4. The normalized spacial score (nSPS) is 20.1. The lowest BCUT2D eigenvalue weighted by Gasteiger charge is -2.23. The minimum Gasteiger partial charge on any atom is -0.370 e. The number of aromatic nitrogens is 1. The molecule has 21 heavy (non-hydrogen) atoms.